The molecule has 2 aromatic rings. The molecule has 0 unspecified atom stereocenters. The molecule has 2 amide bonds. The van der Waals surface area contributed by atoms with E-state index in [0.717, 1.165) is 22.3 Å². The molecule has 7 heteroatoms. The van der Waals surface area contributed by atoms with Gasteiger partial charge in [0.2, 0.25) is 5.91 Å². The lowest BCUT2D eigenvalue weighted by Gasteiger charge is -2.20. The van der Waals surface area contributed by atoms with Crippen LogP contribution in [0.15, 0.2) is 48.5 Å². The molecule has 0 saturated carbocycles. The van der Waals surface area contributed by atoms with Gasteiger partial charge in [-0.2, -0.15) is 0 Å². The first-order valence-corrected chi connectivity index (χ1v) is 10.4. The van der Waals surface area contributed by atoms with Crippen LogP contribution in [0.5, 0.6) is 0 Å². The quantitative estimate of drug-likeness (QED) is 0.601. The van der Waals surface area contributed by atoms with Gasteiger partial charge in [-0.3, -0.25) is 4.79 Å². The fraction of sp³-hybridized carbons (Fsp3) is 0.375. The van der Waals surface area contributed by atoms with Crippen LogP contribution in [0.1, 0.15) is 44.2 Å². The van der Waals surface area contributed by atoms with E-state index in [1.54, 1.807) is 0 Å². The second-order valence-electron chi connectivity index (χ2n) is 8.22. The largest absolute Gasteiger partial charge is 0.480 e. The summed E-state index contributed by atoms with van der Waals surface area (Å²) in [5.74, 6) is -1.64. The predicted octanol–water partition coefficient (Wildman–Crippen LogP) is 3.53. The summed E-state index contributed by atoms with van der Waals surface area (Å²) in [6, 6.07) is 14.1. The molecule has 3 rings (SSSR count). The lowest BCUT2D eigenvalue weighted by Crippen LogP contribution is -2.50. The van der Waals surface area contributed by atoms with Crippen molar-refractivity contribution in [3.63, 3.8) is 0 Å². The first-order valence-electron chi connectivity index (χ1n) is 10.4. The molecular weight excluding hydrogens is 396 g/mol. The normalized spacial score (nSPS) is 14.3. The Balaban J connectivity index is 1.58. The van der Waals surface area contributed by atoms with Crippen molar-refractivity contribution in [2.45, 2.75) is 45.2 Å². The molecule has 0 saturated heterocycles. The molecule has 3 N–H and O–H groups in total. The monoisotopic (exact) mass is 424 g/mol. The van der Waals surface area contributed by atoms with E-state index in [0.29, 0.717) is 6.42 Å². The summed E-state index contributed by atoms with van der Waals surface area (Å²) in [6.07, 6.45) is -0.418. The average Bonchev–Trinajstić information content (AvgIpc) is 3.05. The summed E-state index contributed by atoms with van der Waals surface area (Å²) in [6.45, 7) is 5.38. The van der Waals surface area contributed by atoms with Crippen LogP contribution in [0, 0.1) is 5.92 Å². The fourth-order valence-corrected chi connectivity index (χ4v) is 3.87. The van der Waals surface area contributed by atoms with Crippen molar-refractivity contribution in [3.8, 4) is 11.1 Å². The van der Waals surface area contributed by atoms with Crippen LogP contribution in [0.2, 0.25) is 0 Å². The number of fused-ring (bicyclic) bond motifs is 3. The number of carbonyl (C=O) groups excluding carboxylic acids is 2. The SMILES string of the molecule is CC(C)C[C@H](NC(=O)[C@H](C)NC(=O)OCC1c2ccccc2-c2ccccc21)C(=O)O. The summed E-state index contributed by atoms with van der Waals surface area (Å²) in [5.41, 5.74) is 4.45. The zero-order valence-electron chi connectivity index (χ0n) is 17.9. The van der Waals surface area contributed by atoms with E-state index in [4.69, 9.17) is 4.74 Å². The van der Waals surface area contributed by atoms with Crippen molar-refractivity contribution in [2.24, 2.45) is 5.92 Å². The Bertz CT molecular complexity index is 926. The van der Waals surface area contributed by atoms with Gasteiger partial charge in [-0.05, 0) is 41.5 Å². The van der Waals surface area contributed by atoms with Gasteiger partial charge in [-0.1, -0.05) is 62.4 Å². The molecule has 0 aliphatic heterocycles. The van der Waals surface area contributed by atoms with Gasteiger partial charge in [0.25, 0.3) is 0 Å². The van der Waals surface area contributed by atoms with E-state index in [9.17, 15) is 19.5 Å². The zero-order chi connectivity index (χ0) is 22.5. The van der Waals surface area contributed by atoms with Crippen LogP contribution in [0.3, 0.4) is 0 Å². The summed E-state index contributed by atoms with van der Waals surface area (Å²) in [4.78, 5) is 36.0. The molecule has 0 fully saturated rings. The molecule has 7 nitrogen and oxygen atoms in total. The van der Waals surface area contributed by atoms with Crippen molar-refractivity contribution in [1.29, 1.82) is 0 Å². The number of hydrogen-bond acceptors (Lipinski definition) is 4. The van der Waals surface area contributed by atoms with E-state index in [1.165, 1.54) is 6.92 Å². The molecular formula is C24H28N2O5. The fourth-order valence-electron chi connectivity index (χ4n) is 3.87. The summed E-state index contributed by atoms with van der Waals surface area (Å²) >= 11 is 0. The third kappa shape index (κ3) is 5.23. The van der Waals surface area contributed by atoms with Crippen molar-refractivity contribution in [2.75, 3.05) is 6.61 Å². The highest BCUT2D eigenvalue weighted by atomic mass is 16.5. The molecule has 0 spiro atoms. The average molecular weight is 424 g/mol. The molecule has 2 atom stereocenters. The topological polar surface area (TPSA) is 105 Å². The molecule has 164 valence electrons. The zero-order valence-corrected chi connectivity index (χ0v) is 17.9. The second kappa shape index (κ2) is 9.64. The van der Waals surface area contributed by atoms with Crippen LogP contribution < -0.4 is 10.6 Å². The number of benzene rings is 2. The van der Waals surface area contributed by atoms with E-state index < -0.39 is 30.1 Å². The highest BCUT2D eigenvalue weighted by Gasteiger charge is 2.30. The number of amides is 2. The van der Waals surface area contributed by atoms with Crippen LogP contribution in [-0.4, -0.2) is 41.8 Å². The van der Waals surface area contributed by atoms with E-state index >= 15 is 0 Å². The molecule has 0 bridgehead atoms. The Morgan fingerprint density at radius 3 is 2.00 bits per heavy atom. The molecule has 0 heterocycles. The summed E-state index contributed by atoms with van der Waals surface area (Å²) in [5, 5.41) is 14.2. The van der Waals surface area contributed by atoms with Gasteiger partial charge in [0, 0.05) is 5.92 Å². The first kappa shape index (κ1) is 22.3. The van der Waals surface area contributed by atoms with Gasteiger partial charge < -0.3 is 20.5 Å². The van der Waals surface area contributed by atoms with Gasteiger partial charge >= 0.3 is 12.1 Å². The van der Waals surface area contributed by atoms with Gasteiger partial charge in [-0.25, -0.2) is 9.59 Å². The van der Waals surface area contributed by atoms with Crippen molar-refractivity contribution in [1.82, 2.24) is 10.6 Å². The van der Waals surface area contributed by atoms with E-state index in [-0.39, 0.29) is 18.4 Å². The Kier molecular flexibility index (Phi) is 6.95. The maximum atomic E-state index is 12.3. The number of aliphatic carboxylic acids is 1. The molecule has 1 aliphatic carbocycles. The number of carboxylic acids is 1. The summed E-state index contributed by atoms with van der Waals surface area (Å²) in [7, 11) is 0. The molecule has 2 aromatic carbocycles. The van der Waals surface area contributed by atoms with E-state index in [1.807, 2.05) is 50.2 Å². The Morgan fingerprint density at radius 2 is 1.48 bits per heavy atom. The summed E-state index contributed by atoms with van der Waals surface area (Å²) < 4.78 is 5.43. The van der Waals surface area contributed by atoms with Crippen LogP contribution in [0.25, 0.3) is 11.1 Å². The highest BCUT2D eigenvalue weighted by Crippen LogP contribution is 2.44. The number of hydrogen-bond donors (Lipinski definition) is 3. The van der Waals surface area contributed by atoms with Gasteiger partial charge in [0.15, 0.2) is 0 Å². The van der Waals surface area contributed by atoms with Crippen LogP contribution >= 0.6 is 0 Å². The van der Waals surface area contributed by atoms with E-state index in [2.05, 4.69) is 22.8 Å². The molecule has 0 aromatic heterocycles. The Labute approximate surface area is 181 Å². The highest BCUT2D eigenvalue weighted by molar-refractivity contribution is 5.89. The molecule has 0 radical (unpaired) electrons. The Morgan fingerprint density at radius 1 is 0.935 bits per heavy atom. The van der Waals surface area contributed by atoms with Gasteiger partial charge in [0.1, 0.15) is 18.7 Å². The third-order valence-corrected chi connectivity index (χ3v) is 5.39. The number of alkyl carbamates (subject to hydrolysis) is 1. The number of nitrogens with one attached hydrogen (secondary N) is 2. The van der Waals surface area contributed by atoms with Gasteiger partial charge in [-0.15, -0.1) is 0 Å². The van der Waals surface area contributed by atoms with Crippen molar-refractivity contribution < 1.29 is 24.2 Å². The van der Waals surface area contributed by atoms with Gasteiger partial charge in [0.05, 0.1) is 0 Å². The maximum Gasteiger partial charge on any atom is 0.407 e. The second-order valence-corrected chi connectivity index (χ2v) is 8.22. The standard InChI is InChI=1S/C24H28N2O5/c1-14(2)12-21(23(28)29)26-22(27)15(3)25-24(30)31-13-20-18-10-6-4-8-16(18)17-9-5-7-11-19(17)20/h4-11,14-15,20-21H,12-13H2,1-3H3,(H,25,30)(H,26,27)(H,28,29)/t15-,21-/m0/s1. The molecule has 31 heavy (non-hydrogen) atoms. The lowest BCUT2D eigenvalue weighted by atomic mass is 9.98. The van der Waals surface area contributed by atoms with Crippen molar-refractivity contribution >= 4 is 18.0 Å². The minimum absolute atomic E-state index is 0.0790. The lowest BCUT2D eigenvalue weighted by molar-refractivity contribution is -0.142. The number of rotatable bonds is 8. The smallest absolute Gasteiger partial charge is 0.407 e. The van der Waals surface area contributed by atoms with Crippen molar-refractivity contribution in [3.05, 3.63) is 59.7 Å². The van der Waals surface area contributed by atoms with Crippen LogP contribution in [-0.2, 0) is 14.3 Å². The minimum atomic E-state index is -1.10. The first-order chi connectivity index (χ1) is 14.8. The molecule has 1 aliphatic rings. The number of carbonyl (C=O) groups is 3. The maximum absolute atomic E-state index is 12.3. The number of ether oxygens (including phenoxy) is 1. The Hall–Kier alpha value is -3.35. The number of carboxylic acid groups (broad SMARTS) is 1. The van der Waals surface area contributed by atoms with Crippen LogP contribution in [0.4, 0.5) is 4.79 Å². The third-order valence-electron chi connectivity index (χ3n) is 5.39. The predicted molar refractivity (Wildman–Crippen MR) is 117 cm³/mol. The minimum Gasteiger partial charge on any atom is -0.480 e.